The highest BCUT2D eigenvalue weighted by atomic mass is 127. The summed E-state index contributed by atoms with van der Waals surface area (Å²) < 4.78 is 0. The van der Waals surface area contributed by atoms with Crippen molar-refractivity contribution in [1.29, 1.82) is 0 Å². The number of aliphatic imine (C=N–C) groups is 1. The number of hydrogen-bond acceptors (Lipinski definition) is 2. The lowest BCUT2D eigenvalue weighted by Crippen LogP contribution is -2.45. The van der Waals surface area contributed by atoms with E-state index in [2.05, 4.69) is 43.2 Å². The van der Waals surface area contributed by atoms with E-state index in [-0.39, 0.29) is 29.4 Å². The van der Waals surface area contributed by atoms with Gasteiger partial charge in [-0.3, -0.25) is 9.89 Å². The molecule has 1 saturated heterocycles. The first-order chi connectivity index (χ1) is 8.98. The van der Waals surface area contributed by atoms with E-state index in [0.29, 0.717) is 6.04 Å². The third kappa shape index (κ3) is 6.16. The van der Waals surface area contributed by atoms with E-state index in [4.69, 9.17) is 4.99 Å². The number of guanidine groups is 1. The maximum Gasteiger partial charge on any atom is 0.191 e. The van der Waals surface area contributed by atoms with Gasteiger partial charge in [0.2, 0.25) is 0 Å². The number of nitrogens with zero attached hydrogens (tertiary/aromatic N) is 2. The van der Waals surface area contributed by atoms with Crippen LogP contribution in [-0.4, -0.2) is 49.1 Å². The average molecular weight is 394 g/mol. The second kappa shape index (κ2) is 7.82. The Labute approximate surface area is 141 Å². The van der Waals surface area contributed by atoms with Gasteiger partial charge in [0, 0.05) is 38.3 Å². The van der Waals surface area contributed by atoms with Crippen molar-refractivity contribution >= 4 is 29.9 Å². The molecule has 0 spiro atoms. The van der Waals surface area contributed by atoms with E-state index < -0.39 is 0 Å². The van der Waals surface area contributed by atoms with Crippen LogP contribution in [0.4, 0.5) is 0 Å². The van der Waals surface area contributed by atoms with E-state index in [1.165, 1.54) is 32.4 Å². The summed E-state index contributed by atoms with van der Waals surface area (Å²) in [4.78, 5) is 7.34. The lowest BCUT2D eigenvalue weighted by atomic mass is 9.97. The smallest absolute Gasteiger partial charge is 0.191 e. The van der Waals surface area contributed by atoms with Gasteiger partial charge in [0.1, 0.15) is 0 Å². The van der Waals surface area contributed by atoms with Gasteiger partial charge < -0.3 is 10.6 Å². The van der Waals surface area contributed by atoms with Crippen molar-refractivity contribution in [2.75, 3.05) is 26.2 Å². The molecule has 0 amide bonds. The minimum Gasteiger partial charge on any atom is -0.357 e. The Balaban J connectivity index is 0.00000200. The Morgan fingerprint density at radius 1 is 1.25 bits per heavy atom. The summed E-state index contributed by atoms with van der Waals surface area (Å²) in [7, 11) is 0. The van der Waals surface area contributed by atoms with E-state index >= 15 is 0 Å². The van der Waals surface area contributed by atoms with Gasteiger partial charge in [-0.05, 0) is 31.6 Å². The van der Waals surface area contributed by atoms with Crippen molar-refractivity contribution in [3.63, 3.8) is 0 Å². The van der Waals surface area contributed by atoms with Crippen LogP contribution in [0.25, 0.3) is 0 Å². The molecule has 1 heterocycles. The number of rotatable bonds is 4. The topological polar surface area (TPSA) is 39.7 Å². The first kappa shape index (κ1) is 18.0. The van der Waals surface area contributed by atoms with Crippen LogP contribution in [0.5, 0.6) is 0 Å². The summed E-state index contributed by atoms with van der Waals surface area (Å²) >= 11 is 0. The standard InChI is InChI=1S/C15H30N4.HI/c1-5-16-14(17-11-15(2,3)4)18-12-8-9-19(10-12)13-6-7-13;/h12-13H,5-11H2,1-4H3,(H2,16,17,18);1H. The highest BCUT2D eigenvalue weighted by Gasteiger charge is 2.34. The van der Waals surface area contributed by atoms with E-state index in [1.54, 1.807) is 0 Å². The molecule has 0 aromatic heterocycles. The zero-order valence-corrected chi connectivity index (χ0v) is 15.7. The Morgan fingerprint density at radius 2 is 1.95 bits per heavy atom. The third-order valence-electron chi connectivity index (χ3n) is 3.68. The molecule has 1 saturated carbocycles. The van der Waals surface area contributed by atoms with Gasteiger partial charge >= 0.3 is 0 Å². The summed E-state index contributed by atoms with van der Waals surface area (Å²) in [6.07, 6.45) is 4.06. The highest BCUT2D eigenvalue weighted by molar-refractivity contribution is 14.0. The molecule has 0 bridgehead atoms. The number of likely N-dealkylation sites (tertiary alicyclic amines) is 1. The molecule has 2 aliphatic rings. The summed E-state index contributed by atoms with van der Waals surface area (Å²) in [6, 6.07) is 1.46. The predicted molar refractivity (Wildman–Crippen MR) is 97.0 cm³/mol. The first-order valence-electron chi connectivity index (χ1n) is 7.77. The second-order valence-corrected chi connectivity index (χ2v) is 7.11. The number of halogens is 1. The van der Waals surface area contributed by atoms with Crippen molar-refractivity contribution in [3.8, 4) is 0 Å². The number of nitrogens with one attached hydrogen (secondary N) is 2. The molecule has 0 aromatic rings. The maximum atomic E-state index is 4.71. The molecule has 0 radical (unpaired) electrons. The van der Waals surface area contributed by atoms with Crippen LogP contribution in [0.3, 0.4) is 0 Å². The maximum absolute atomic E-state index is 4.71. The van der Waals surface area contributed by atoms with Gasteiger partial charge in [-0.2, -0.15) is 0 Å². The van der Waals surface area contributed by atoms with Gasteiger partial charge in [0.05, 0.1) is 0 Å². The highest BCUT2D eigenvalue weighted by Crippen LogP contribution is 2.29. The van der Waals surface area contributed by atoms with Crippen molar-refractivity contribution in [1.82, 2.24) is 15.5 Å². The molecule has 0 aromatic carbocycles. The Bertz CT molecular complexity index is 320. The molecule has 1 aliphatic carbocycles. The van der Waals surface area contributed by atoms with Crippen LogP contribution in [0.15, 0.2) is 4.99 Å². The van der Waals surface area contributed by atoms with Gasteiger partial charge in [0.25, 0.3) is 0 Å². The molecule has 20 heavy (non-hydrogen) atoms. The zero-order valence-electron chi connectivity index (χ0n) is 13.4. The fourth-order valence-electron chi connectivity index (χ4n) is 2.51. The molecule has 2 rings (SSSR count). The first-order valence-corrected chi connectivity index (χ1v) is 7.77. The SMILES string of the molecule is CCNC(=NCC(C)(C)C)NC1CCN(C2CC2)C1.I. The largest absolute Gasteiger partial charge is 0.357 e. The van der Waals surface area contributed by atoms with E-state index in [9.17, 15) is 0 Å². The quantitative estimate of drug-likeness (QED) is 0.437. The molecule has 2 N–H and O–H groups in total. The van der Waals surface area contributed by atoms with Crippen LogP contribution in [0.1, 0.15) is 47.0 Å². The van der Waals surface area contributed by atoms with Crippen molar-refractivity contribution in [2.24, 2.45) is 10.4 Å². The second-order valence-electron chi connectivity index (χ2n) is 7.11. The Hall–Kier alpha value is -0.0400. The minimum absolute atomic E-state index is 0. The van der Waals surface area contributed by atoms with Gasteiger partial charge in [0.15, 0.2) is 5.96 Å². The van der Waals surface area contributed by atoms with E-state index in [0.717, 1.165) is 25.1 Å². The van der Waals surface area contributed by atoms with Gasteiger partial charge in [-0.1, -0.05) is 20.8 Å². The van der Waals surface area contributed by atoms with Crippen molar-refractivity contribution in [2.45, 2.75) is 59.0 Å². The van der Waals surface area contributed by atoms with Gasteiger partial charge in [-0.25, -0.2) is 0 Å². The van der Waals surface area contributed by atoms with Crippen LogP contribution >= 0.6 is 24.0 Å². The van der Waals surface area contributed by atoms with Crippen LogP contribution < -0.4 is 10.6 Å². The molecular formula is C15H31IN4. The molecular weight excluding hydrogens is 363 g/mol. The summed E-state index contributed by atoms with van der Waals surface area (Å²) in [5, 5.41) is 6.96. The van der Waals surface area contributed by atoms with Gasteiger partial charge in [-0.15, -0.1) is 24.0 Å². The fourth-order valence-corrected chi connectivity index (χ4v) is 2.51. The minimum atomic E-state index is 0. The molecule has 4 nitrogen and oxygen atoms in total. The van der Waals surface area contributed by atoms with Crippen molar-refractivity contribution < 1.29 is 0 Å². The van der Waals surface area contributed by atoms with E-state index in [1.807, 2.05) is 0 Å². The Kier molecular flexibility index (Phi) is 7.04. The molecule has 5 heteroatoms. The molecule has 1 unspecified atom stereocenters. The molecule has 1 aliphatic heterocycles. The normalized spacial score (nSPS) is 24.4. The third-order valence-corrected chi connectivity index (χ3v) is 3.68. The van der Waals surface area contributed by atoms with Crippen LogP contribution in [-0.2, 0) is 0 Å². The lowest BCUT2D eigenvalue weighted by molar-refractivity contribution is 0.321. The average Bonchev–Trinajstić information content (AvgIpc) is 3.07. The molecule has 2 fully saturated rings. The zero-order chi connectivity index (χ0) is 13.9. The molecule has 1 atom stereocenters. The monoisotopic (exact) mass is 394 g/mol. The lowest BCUT2D eigenvalue weighted by Gasteiger charge is -2.20. The van der Waals surface area contributed by atoms with Crippen LogP contribution in [0, 0.1) is 5.41 Å². The Morgan fingerprint density at radius 3 is 2.50 bits per heavy atom. The summed E-state index contributed by atoms with van der Waals surface area (Å²) in [5.41, 5.74) is 0.248. The predicted octanol–water partition coefficient (Wildman–Crippen LogP) is 2.44. The summed E-state index contributed by atoms with van der Waals surface area (Å²) in [6.45, 7) is 13.0. The van der Waals surface area contributed by atoms with Crippen molar-refractivity contribution in [3.05, 3.63) is 0 Å². The number of hydrogen-bond donors (Lipinski definition) is 2. The van der Waals surface area contributed by atoms with Crippen LogP contribution in [0.2, 0.25) is 0 Å². The molecule has 118 valence electrons. The summed E-state index contributed by atoms with van der Waals surface area (Å²) in [5.74, 6) is 0.986. The fraction of sp³-hybridized carbons (Fsp3) is 0.933.